The number of hydrogen-bond donors (Lipinski definition) is 1. The Labute approximate surface area is 87.1 Å². The Bertz CT molecular complexity index is 178. The van der Waals surface area contributed by atoms with Crippen LogP contribution in [0.2, 0.25) is 0 Å². The maximum absolute atomic E-state index is 11.0. The van der Waals surface area contributed by atoms with Crippen LogP contribution >= 0.6 is 0 Å². The van der Waals surface area contributed by atoms with Gasteiger partial charge in [0.05, 0.1) is 0 Å². The van der Waals surface area contributed by atoms with Crippen LogP contribution in [0.5, 0.6) is 0 Å². The van der Waals surface area contributed by atoms with Gasteiger partial charge in [-0.3, -0.25) is 9.69 Å². The molecule has 0 aromatic heterocycles. The van der Waals surface area contributed by atoms with Crippen LogP contribution in [-0.4, -0.2) is 34.6 Å². The van der Waals surface area contributed by atoms with Gasteiger partial charge in [0.15, 0.2) is 0 Å². The third-order valence-electron chi connectivity index (χ3n) is 2.73. The van der Waals surface area contributed by atoms with Gasteiger partial charge >= 0.3 is 5.97 Å². The zero-order chi connectivity index (χ0) is 11.2. The molecule has 0 aliphatic carbocycles. The summed E-state index contributed by atoms with van der Waals surface area (Å²) in [5.41, 5.74) is -0.734. The van der Waals surface area contributed by atoms with Gasteiger partial charge in [0.25, 0.3) is 0 Å². The molecule has 0 atom stereocenters. The standard InChI is InChI=1S/C11H23NO2/c1-5-7-8-9-12(6-2)11(3,4)10(13)14/h5-9H2,1-4H3,(H,13,14). The maximum Gasteiger partial charge on any atom is 0.323 e. The van der Waals surface area contributed by atoms with E-state index in [1.54, 1.807) is 13.8 Å². The lowest BCUT2D eigenvalue weighted by Crippen LogP contribution is -2.50. The molecule has 0 heterocycles. The van der Waals surface area contributed by atoms with E-state index in [2.05, 4.69) is 6.92 Å². The van der Waals surface area contributed by atoms with E-state index in [0.29, 0.717) is 0 Å². The number of rotatable bonds is 7. The van der Waals surface area contributed by atoms with Crippen molar-refractivity contribution in [2.24, 2.45) is 0 Å². The van der Waals surface area contributed by atoms with Crippen LogP contribution in [0.3, 0.4) is 0 Å². The predicted octanol–water partition coefficient (Wildman–Crippen LogP) is 2.36. The summed E-state index contributed by atoms with van der Waals surface area (Å²) in [4.78, 5) is 13.0. The Hall–Kier alpha value is -0.570. The number of aliphatic carboxylic acids is 1. The van der Waals surface area contributed by atoms with Crippen molar-refractivity contribution in [3.63, 3.8) is 0 Å². The van der Waals surface area contributed by atoms with Gasteiger partial charge in [-0.15, -0.1) is 0 Å². The van der Waals surface area contributed by atoms with E-state index in [-0.39, 0.29) is 0 Å². The molecule has 0 unspecified atom stereocenters. The van der Waals surface area contributed by atoms with Crippen LogP contribution in [0, 0.1) is 0 Å². The maximum atomic E-state index is 11.0. The fourth-order valence-electron chi connectivity index (χ4n) is 1.52. The molecule has 84 valence electrons. The first-order valence-corrected chi connectivity index (χ1v) is 5.45. The van der Waals surface area contributed by atoms with E-state index in [0.717, 1.165) is 19.5 Å². The van der Waals surface area contributed by atoms with E-state index in [9.17, 15) is 4.79 Å². The van der Waals surface area contributed by atoms with Gasteiger partial charge in [0.1, 0.15) is 5.54 Å². The summed E-state index contributed by atoms with van der Waals surface area (Å²) < 4.78 is 0. The summed E-state index contributed by atoms with van der Waals surface area (Å²) in [5, 5.41) is 9.06. The third kappa shape index (κ3) is 3.66. The van der Waals surface area contributed by atoms with Crippen LogP contribution in [0.25, 0.3) is 0 Å². The van der Waals surface area contributed by atoms with Crippen molar-refractivity contribution in [1.82, 2.24) is 4.90 Å². The molecule has 0 bridgehead atoms. The lowest BCUT2D eigenvalue weighted by atomic mass is 10.0. The molecule has 0 fully saturated rings. The topological polar surface area (TPSA) is 40.5 Å². The van der Waals surface area contributed by atoms with Crippen molar-refractivity contribution >= 4 is 5.97 Å². The zero-order valence-electron chi connectivity index (χ0n) is 9.84. The molecule has 0 saturated carbocycles. The van der Waals surface area contributed by atoms with Gasteiger partial charge in [0, 0.05) is 0 Å². The molecule has 0 rings (SSSR count). The predicted molar refractivity (Wildman–Crippen MR) is 58.5 cm³/mol. The van der Waals surface area contributed by atoms with Crippen LogP contribution in [0.4, 0.5) is 0 Å². The Balaban J connectivity index is 4.18. The van der Waals surface area contributed by atoms with Crippen LogP contribution in [-0.2, 0) is 4.79 Å². The first-order chi connectivity index (χ1) is 6.46. The highest BCUT2D eigenvalue weighted by Gasteiger charge is 2.32. The summed E-state index contributed by atoms with van der Waals surface area (Å²) in [7, 11) is 0. The van der Waals surface area contributed by atoms with Crippen LogP contribution in [0.15, 0.2) is 0 Å². The number of carboxylic acid groups (broad SMARTS) is 1. The monoisotopic (exact) mass is 201 g/mol. The van der Waals surface area contributed by atoms with E-state index in [4.69, 9.17) is 5.11 Å². The minimum absolute atomic E-state index is 0.734. The average Bonchev–Trinajstić information content (AvgIpc) is 2.12. The van der Waals surface area contributed by atoms with Crippen molar-refractivity contribution in [2.45, 2.75) is 52.5 Å². The lowest BCUT2D eigenvalue weighted by Gasteiger charge is -2.34. The summed E-state index contributed by atoms with van der Waals surface area (Å²) in [6.45, 7) is 9.37. The molecule has 0 aromatic rings. The SMILES string of the molecule is CCCCCN(CC)C(C)(C)C(=O)O. The lowest BCUT2D eigenvalue weighted by molar-refractivity contribution is -0.149. The van der Waals surface area contributed by atoms with E-state index in [1.165, 1.54) is 12.8 Å². The average molecular weight is 201 g/mol. The quantitative estimate of drug-likeness (QED) is 0.643. The van der Waals surface area contributed by atoms with E-state index < -0.39 is 11.5 Å². The van der Waals surface area contributed by atoms with Gasteiger partial charge in [0.2, 0.25) is 0 Å². The third-order valence-corrected chi connectivity index (χ3v) is 2.73. The van der Waals surface area contributed by atoms with Gasteiger partial charge in [-0.25, -0.2) is 0 Å². The summed E-state index contributed by atoms with van der Waals surface area (Å²) in [5.74, 6) is -0.740. The molecule has 3 nitrogen and oxygen atoms in total. The Morgan fingerprint density at radius 2 is 1.86 bits per heavy atom. The molecule has 0 saturated heterocycles. The Kier molecular flexibility index (Phi) is 5.77. The zero-order valence-corrected chi connectivity index (χ0v) is 9.84. The molecule has 0 amide bonds. The number of likely N-dealkylation sites (N-methyl/N-ethyl adjacent to an activating group) is 1. The highest BCUT2D eigenvalue weighted by atomic mass is 16.4. The molecule has 14 heavy (non-hydrogen) atoms. The molecule has 3 heteroatoms. The molecule has 0 radical (unpaired) electrons. The van der Waals surface area contributed by atoms with Gasteiger partial charge < -0.3 is 5.11 Å². The highest BCUT2D eigenvalue weighted by Crippen LogP contribution is 2.15. The largest absolute Gasteiger partial charge is 0.480 e. The molecular formula is C11H23NO2. The van der Waals surface area contributed by atoms with Crippen molar-refractivity contribution in [3.8, 4) is 0 Å². The number of unbranched alkanes of at least 4 members (excludes halogenated alkanes) is 2. The summed E-state index contributed by atoms with van der Waals surface area (Å²) in [6, 6.07) is 0. The Morgan fingerprint density at radius 3 is 2.21 bits per heavy atom. The first kappa shape index (κ1) is 13.4. The summed E-state index contributed by atoms with van der Waals surface area (Å²) in [6.07, 6.45) is 3.43. The van der Waals surface area contributed by atoms with Gasteiger partial charge in [-0.05, 0) is 33.4 Å². The number of carbonyl (C=O) groups is 1. The van der Waals surface area contributed by atoms with Crippen molar-refractivity contribution in [3.05, 3.63) is 0 Å². The first-order valence-electron chi connectivity index (χ1n) is 5.45. The minimum Gasteiger partial charge on any atom is -0.480 e. The fraction of sp³-hybridized carbons (Fsp3) is 0.909. The van der Waals surface area contributed by atoms with Crippen molar-refractivity contribution in [2.75, 3.05) is 13.1 Å². The van der Waals surface area contributed by atoms with E-state index >= 15 is 0 Å². The molecule has 1 N–H and O–H groups in total. The van der Waals surface area contributed by atoms with Crippen molar-refractivity contribution in [1.29, 1.82) is 0 Å². The number of nitrogens with zero attached hydrogens (tertiary/aromatic N) is 1. The normalized spacial score (nSPS) is 12.1. The smallest absolute Gasteiger partial charge is 0.323 e. The second-order valence-electron chi connectivity index (χ2n) is 4.15. The second kappa shape index (κ2) is 6.02. The molecular weight excluding hydrogens is 178 g/mol. The number of hydrogen-bond acceptors (Lipinski definition) is 2. The summed E-state index contributed by atoms with van der Waals surface area (Å²) >= 11 is 0. The van der Waals surface area contributed by atoms with E-state index in [1.807, 2.05) is 11.8 Å². The minimum atomic E-state index is -0.740. The van der Waals surface area contributed by atoms with Gasteiger partial charge in [-0.2, -0.15) is 0 Å². The molecule has 0 spiro atoms. The second-order valence-corrected chi connectivity index (χ2v) is 4.15. The molecule has 0 aromatic carbocycles. The fourth-order valence-corrected chi connectivity index (χ4v) is 1.52. The highest BCUT2D eigenvalue weighted by molar-refractivity contribution is 5.77. The number of carboxylic acids is 1. The molecule has 0 aliphatic rings. The molecule has 0 aliphatic heterocycles. The van der Waals surface area contributed by atoms with Gasteiger partial charge in [-0.1, -0.05) is 26.7 Å². The van der Waals surface area contributed by atoms with Crippen LogP contribution in [0.1, 0.15) is 47.0 Å². The van der Waals surface area contributed by atoms with Crippen LogP contribution < -0.4 is 0 Å². The van der Waals surface area contributed by atoms with Crippen molar-refractivity contribution < 1.29 is 9.90 Å². The Morgan fingerprint density at radius 1 is 1.29 bits per heavy atom.